The van der Waals surface area contributed by atoms with Gasteiger partial charge >= 0.3 is 0 Å². The first kappa shape index (κ1) is 16.2. The van der Waals surface area contributed by atoms with Gasteiger partial charge in [-0.15, -0.1) is 0 Å². The molecule has 6 heteroatoms. The van der Waals surface area contributed by atoms with E-state index in [2.05, 4.69) is 18.7 Å². The second-order valence-electron chi connectivity index (χ2n) is 6.43. The van der Waals surface area contributed by atoms with E-state index in [1.807, 2.05) is 0 Å². The lowest BCUT2D eigenvalue weighted by Gasteiger charge is -2.54. The maximum Gasteiger partial charge on any atom is 0.213 e. The second-order valence-corrected chi connectivity index (χ2v) is 8.69. The summed E-state index contributed by atoms with van der Waals surface area (Å²) in [6, 6.07) is 0. The Morgan fingerprint density at radius 2 is 1.80 bits per heavy atom. The highest BCUT2D eigenvalue weighted by molar-refractivity contribution is 7.89. The summed E-state index contributed by atoms with van der Waals surface area (Å²) < 4.78 is 30.9. The van der Waals surface area contributed by atoms with Crippen molar-refractivity contribution in [1.82, 2.24) is 9.21 Å². The first-order valence-corrected chi connectivity index (χ1v) is 9.30. The molecule has 0 atom stereocenters. The summed E-state index contributed by atoms with van der Waals surface area (Å²) in [6.07, 6.45) is 2.31. The molecule has 2 saturated heterocycles. The van der Waals surface area contributed by atoms with Gasteiger partial charge in [0.05, 0.1) is 18.5 Å². The number of nitrogens with zero attached hydrogens (tertiary/aromatic N) is 2. The number of likely N-dealkylation sites (tertiary alicyclic amines) is 1. The molecule has 5 nitrogen and oxygen atoms in total. The number of hydrogen-bond donors (Lipinski definition) is 0. The smallest absolute Gasteiger partial charge is 0.213 e. The van der Waals surface area contributed by atoms with Crippen LogP contribution in [0.1, 0.15) is 33.6 Å². The standard InChI is InChI=1S/C14H28N2O3S/c1-4-20(17,18)16-7-5-14(6-8-16)11-15(12-14)9-10-19-13(2)3/h13H,4-12H2,1-3H3. The first-order chi connectivity index (χ1) is 9.37. The van der Waals surface area contributed by atoms with Gasteiger partial charge < -0.3 is 4.74 Å². The Balaban J connectivity index is 1.71. The molecule has 0 saturated carbocycles. The van der Waals surface area contributed by atoms with Gasteiger partial charge in [0, 0.05) is 32.7 Å². The number of ether oxygens (including phenoxy) is 1. The fourth-order valence-electron chi connectivity index (χ4n) is 3.22. The third kappa shape index (κ3) is 3.72. The van der Waals surface area contributed by atoms with E-state index in [1.54, 1.807) is 11.2 Å². The first-order valence-electron chi connectivity index (χ1n) is 7.69. The van der Waals surface area contributed by atoms with Crippen LogP contribution in [-0.4, -0.2) is 68.8 Å². The van der Waals surface area contributed by atoms with Crippen molar-refractivity contribution >= 4 is 10.0 Å². The molecule has 1 spiro atoms. The Hall–Kier alpha value is -0.170. The molecule has 2 aliphatic rings. The van der Waals surface area contributed by atoms with Crippen LogP contribution in [0.5, 0.6) is 0 Å². The highest BCUT2D eigenvalue weighted by atomic mass is 32.2. The van der Waals surface area contributed by atoms with Gasteiger partial charge in [-0.05, 0) is 39.0 Å². The third-order valence-corrected chi connectivity index (χ3v) is 6.40. The van der Waals surface area contributed by atoms with Crippen LogP contribution >= 0.6 is 0 Å². The Morgan fingerprint density at radius 3 is 2.30 bits per heavy atom. The van der Waals surface area contributed by atoms with Crippen LogP contribution in [0.15, 0.2) is 0 Å². The lowest BCUT2D eigenvalue weighted by molar-refractivity contribution is -0.0519. The molecule has 0 N–H and O–H groups in total. The quantitative estimate of drug-likeness (QED) is 0.739. The van der Waals surface area contributed by atoms with Gasteiger partial charge in [-0.1, -0.05) is 0 Å². The topological polar surface area (TPSA) is 49.9 Å². The molecule has 0 aromatic carbocycles. The summed E-state index contributed by atoms with van der Waals surface area (Å²) in [5.41, 5.74) is 0.373. The molecule has 0 unspecified atom stereocenters. The molecule has 0 amide bonds. The van der Waals surface area contributed by atoms with Gasteiger partial charge in [0.1, 0.15) is 0 Å². The average molecular weight is 304 g/mol. The van der Waals surface area contributed by atoms with Crippen LogP contribution in [0, 0.1) is 5.41 Å². The van der Waals surface area contributed by atoms with Crippen molar-refractivity contribution in [2.75, 3.05) is 45.1 Å². The third-order valence-electron chi connectivity index (χ3n) is 4.52. The van der Waals surface area contributed by atoms with E-state index in [4.69, 9.17) is 4.74 Å². The van der Waals surface area contributed by atoms with Gasteiger partial charge in [-0.2, -0.15) is 0 Å². The lowest BCUT2D eigenvalue weighted by Crippen LogP contribution is -2.61. The van der Waals surface area contributed by atoms with Gasteiger partial charge in [-0.3, -0.25) is 4.90 Å². The molecule has 0 aromatic rings. The Kier molecular flexibility index (Phi) is 5.10. The predicted molar refractivity (Wildman–Crippen MR) is 80.2 cm³/mol. The van der Waals surface area contributed by atoms with Gasteiger partial charge in [0.15, 0.2) is 0 Å². The molecule has 2 rings (SSSR count). The molecule has 0 aliphatic carbocycles. The van der Waals surface area contributed by atoms with Crippen LogP contribution < -0.4 is 0 Å². The maximum absolute atomic E-state index is 11.8. The Labute approximate surface area is 123 Å². The number of piperidine rings is 1. The molecule has 2 aliphatic heterocycles. The summed E-state index contributed by atoms with van der Waals surface area (Å²) in [5.74, 6) is 0.221. The molecule has 118 valence electrons. The second kappa shape index (κ2) is 6.30. The van der Waals surface area contributed by atoms with Crippen molar-refractivity contribution in [1.29, 1.82) is 0 Å². The minimum atomic E-state index is -2.99. The van der Waals surface area contributed by atoms with Crippen molar-refractivity contribution < 1.29 is 13.2 Å². The zero-order chi connectivity index (χ0) is 14.8. The normalized spacial score (nSPS) is 24.2. The number of rotatable bonds is 6. The van der Waals surface area contributed by atoms with Crippen molar-refractivity contribution in [3.63, 3.8) is 0 Å². The minimum absolute atomic E-state index is 0.221. The summed E-state index contributed by atoms with van der Waals surface area (Å²) in [4.78, 5) is 2.42. The Morgan fingerprint density at radius 1 is 1.20 bits per heavy atom. The predicted octanol–water partition coefficient (Wildman–Crippen LogP) is 1.16. The van der Waals surface area contributed by atoms with E-state index in [1.165, 1.54) is 0 Å². The monoisotopic (exact) mass is 304 g/mol. The molecular formula is C14H28N2O3S. The fourth-order valence-corrected chi connectivity index (χ4v) is 4.32. The molecule has 20 heavy (non-hydrogen) atoms. The van der Waals surface area contributed by atoms with E-state index in [0.29, 0.717) is 24.6 Å². The lowest BCUT2D eigenvalue weighted by atomic mass is 9.72. The molecule has 0 radical (unpaired) electrons. The number of hydrogen-bond acceptors (Lipinski definition) is 4. The van der Waals surface area contributed by atoms with Crippen molar-refractivity contribution in [3.05, 3.63) is 0 Å². The van der Waals surface area contributed by atoms with Crippen molar-refractivity contribution in [2.24, 2.45) is 5.41 Å². The van der Waals surface area contributed by atoms with E-state index >= 15 is 0 Å². The highest BCUT2D eigenvalue weighted by Crippen LogP contribution is 2.40. The minimum Gasteiger partial charge on any atom is -0.377 e. The van der Waals surface area contributed by atoms with Gasteiger partial charge in [-0.25, -0.2) is 12.7 Å². The van der Waals surface area contributed by atoms with Crippen molar-refractivity contribution in [3.8, 4) is 0 Å². The maximum atomic E-state index is 11.8. The van der Waals surface area contributed by atoms with E-state index in [0.717, 1.165) is 39.1 Å². The van der Waals surface area contributed by atoms with Crippen molar-refractivity contribution in [2.45, 2.75) is 39.7 Å². The SMILES string of the molecule is CCS(=O)(=O)N1CCC2(CC1)CN(CCOC(C)C)C2. The van der Waals surface area contributed by atoms with E-state index < -0.39 is 10.0 Å². The van der Waals surface area contributed by atoms with E-state index in [-0.39, 0.29) is 5.75 Å². The van der Waals surface area contributed by atoms with Crippen LogP contribution in [0.2, 0.25) is 0 Å². The Bertz CT molecular complexity index is 406. The van der Waals surface area contributed by atoms with E-state index in [9.17, 15) is 8.42 Å². The highest BCUT2D eigenvalue weighted by Gasteiger charge is 2.45. The van der Waals surface area contributed by atoms with Crippen LogP contribution in [0.3, 0.4) is 0 Å². The number of sulfonamides is 1. The fraction of sp³-hybridized carbons (Fsp3) is 1.00. The molecule has 2 heterocycles. The summed E-state index contributed by atoms with van der Waals surface area (Å²) >= 11 is 0. The zero-order valence-electron chi connectivity index (χ0n) is 13.0. The van der Waals surface area contributed by atoms with Crippen LogP contribution in [0.4, 0.5) is 0 Å². The molecule has 0 aromatic heterocycles. The van der Waals surface area contributed by atoms with Crippen LogP contribution in [-0.2, 0) is 14.8 Å². The average Bonchev–Trinajstić information content (AvgIpc) is 2.37. The molecule has 0 bridgehead atoms. The summed E-state index contributed by atoms with van der Waals surface area (Å²) in [5, 5.41) is 0. The van der Waals surface area contributed by atoms with Gasteiger partial charge in [0.25, 0.3) is 0 Å². The summed E-state index contributed by atoms with van der Waals surface area (Å²) in [7, 11) is -2.99. The molecular weight excluding hydrogens is 276 g/mol. The summed E-state index contributed by atoms with van der Waals surface area (Å²) in [6.45, 7) is 11.2. The zero-order valence-corrected chi connectivity index (χ0v) is 13.8. The molecule has 2 fully saturated rings. The van der Waals surface area contributed by atoms with Gasteiger partial charge in [0.2, 0.25) is 10.0 Å². The van der Waals surface area contributed by atoms with Crippen LogP contribution in [0.25, 0.3) is 0 Å². The largest absolute Gasteiger partial charge is 0.377 e.